The van der Waals surface area contributed by atoms with Gasteiger partial charge in [-0.2, -0.15) is 0 Å². The van der Waals surface area contributed by atoms with Gasteiger partial charge in [-0.1, -0.05) is 13.3 Å². The molecule has 5 rings (SSSR count). The molecule has 5 heterocycles. The van der Waals surface area contributed by atoms with Crippen LogP contribution in [0.2, 0.25) is 0 Å². The van der Waals surface area contributed by atoms with Crippen molar-refractivity contribution in [1.29, 1.82) is 0 Å². The topological polar surface area (TPSA) is 88.4 Å². The third-order valence-electron chi connectivity index (χ3n) is 6.42. The molecule has 0 spiro atoms. The van der Waals surface area contributed by atoms with E-state index in [4.69, 9.17) is 4.74 Å². The summed E-state index contributed by atoms with van der Waals surface area (Å²) in [6.07, 6.45) is 7.28. The van der Waals surface area contributed by atoms with E-state index in [-0.39, 0.29) is 11.8 Å². The van der Waals surface area contributed by atoms with Crippen LogP contribution < -0.4 is 0 Å². The van der Waals surface area contributed by atoms with Crippen LogP contribution in [-0.2, 0) is 9.53 Å². The zero-order chi connectivity index (χ0) is 19.1. The van der Waals surface area contributed by atoms with E-state index in [1.54, 1.807) is 6.20 Å². The van der Waals surface area contributed by atoms with Crippen molar-refractivity contribution in [1.82, 2.24) is 29.5 Å². The summed E-state index contributed by atoms with van der Waals surface area (Å²) in [6, 6.07) is 2.01. The summed E-state index contributed by atoms with van der Waals surface area (Å²) in [7, 11) is 0. The van der Waals surface area contributed by atoms with Gasteiger partial charge in [-0.3, -0.25) is 9.20 Å². The van der Waals surface area contributed by atoms with E-state index in [9.17, 15) is 4.79 Å². The quantitative estimate of drug-likeness (QED) is 0.748. The Labute approximate surface area is 163 Å². The second kappa shape index (κ2) is 7.16. The molecule has 2 fully saturated rings. The molecular weight excluding hydrogens is 356 g/mol. The first kappa shape index (κ1) is 17.6. The maximum Gasteiger partial charge on any atom is 0.222 e. The van der Waals surface area contributed by atoms with Crippen LogP contribution in [0.25, 0.3) is 16.8 Å². The molecule has 148 valence electrons. The van der Waals surface area contributed by atoms with Crippen molar-refractivity contribution in [3.63, 3.8) is 0 Å². The number of aromatic nitrogens is 5. The molecular formula is C20H26N6O2. The lowest BCUT2D eigenvalue weighted by molar-refractivity contribution is -0.132. The average molecular weight is 382 g/mol. The van der Waals surface area contributed by atoms with Crippen molar-refractivity contribution in [2.24, 2.45) is 11.8 Å². The highest BCUT2D eigenvalue weighted by Gasteiger charge is 2.38. The number of fused-ring (bicyclic) bond motifs is 3. The fourth-order valence-corrected chi connectivity index (χ4v) is 4.75. The number of nitrogens with zero attached hydrogens (tertiary/aromatic N) is 5. The lowest BCUT2D eigenvalue weighted by atomic mass is 9.93. The van der Waals surface area contributed by atoms with Crippen molar-refractivity contribution in [3.8, 4) is 0 Å². The zero-order valence-corrected chi connectivity index (χ0v) is 16.2. The summed E-state index contributed by atoms with van der Waals surface area (Å²) >= 11 is 0. The first-order chi connectivity index (χ1) is 13.7. The Kier molecular flexibility index (Phi) is 4.50. The molecule has 0 unspecified atom stereocenters. The lowest BCUT2D eigenvalue weighted by Gasteiger charge is -2.24. The number of hydrogen-bond donors (Lipinski definition) is 1. The van der Waals surface area contributed by atoms with E-state index in [1.807, 2.05) is 17.2 Å². The average Bonchev–Trinajstić information content (AvgIpc) is 3.44. The second-order valence-corrected chi connectivity index (χ2v) is 8.05. The molecule has 0 saturated carbocycles. The smallest absolute Gasteiger partial charge is 0.222 e. The predicted octanol–water partition coefficient (Wildman–Crippen LogP) is 2.37. The van der Waals surface area contributed by atoms with Gasteiger partial charge in [0.1, 0.15) is 5.82 Å². The SMILES string of the molecule is CC[C@H]1CN(C(=O)CC2CCOCC2)C[C@H]1c1nnc2cnc3[nH]ccc3n12. The molecule has 0 aromatic carbocycles. The summed E-state index contributed by atoms with van der Waals surface area (Å²) in [4.78, 5) is 22.6. The Bertz CT molecular complexity index is 989. The number of carbonyl (C=O) groups is 1. The Morgan fingerprint density at radius 3 is 2.96 bits per heavy atom. The van der Waals surface area contributed by atoms with Gasteiger partial charge < -0.3 is 14.6 Å². The van der Waals surface area contributed by atoms with Crippen LogP contribution >= 0.6 is 0 Å². The normalized spacial score (nSPS) is 23.8. The molecule has 0 aliphatic carbocycles. The van der Waals surface area contributed by atoms with Crippen molar-refractivity contribution >= 4 is 22.7 Å². The molecule has 1 N–H and O–H groups in total. The van der Waals surface area contributed by atoms with E-state index < -0.39 is 0 Å². The van der Waals surface area contributed by atoms with Crippen LogP contribution in [0, 0.1) is 11.8 Å². The molecule has 8 heteroatoms. The largest absolute Gasteiger partial charge is 0.381 e. The van der Waals surface area contributed by atoms with Gasteiger partial charge in [-0.25, -0.2) is 4.98 Å². The minimum atomic E-state index is 0.194. The van der Waals surface area contributed by atoms with Gasteiger partial charge >= 0.3 is 0 Å². The molecule has 0 bridgehead atoms. The minimum absolute atomic E-state index is 0.194. The molecule has 3 aromatic rings. The monoisotopic (exact) mass is 382 g/mol. The number of H-pyrrole nitrogens is 1. The Balaban J connectivity index is 1.41. The second-order valence-electron chi connectivity index (χ2n) is 8.05. The highest BCUT2D eigenvalue weighted by atomic mass is 16.5. The van der Waals surface area contributed by atoms with E-state index in [0.717, 1.165) is 68.2 Å². The molecule has 8 nitrogen and oxygen atoms in total. The molecule has 2 aliphatic rings. The fraction of sp³-hybridized carbons (Fsp3) is 0.600. The number of hydrogen-bond acceptors (Lipinski definition) is 5. The number of ether oxygens (including phenoxy) is 1. The number of aromatic amines is 1. The van der Waals surface area contributed by atoms with Crippen LogP contribution in [0.5, 0.6) is 0 Å². The zero-order valence-electron chi connectivity index (χ0n) is 16.2. The van der Waals surface area contributed by atoms with E-state index in [0.29, 0.717) is 18.3 Å². The number of carbonyl (C=O) groups excluding carboxylic acids is 1. The van der Waals surface area contributed by atoms with Crippen LogP contribution in [-0.4, -0.2) is 61.7 Å². The number of rotatable bonds is 4. The maximum absolute atomic E-state index is 13.0. The van der Waals surface area contributed by atoms with E-state index >= 15 is 0 Å². The first-order valence-corrected chi connectivity index (χ1v) is 10.3. The Hall–Kier alpha value is -2.48. The van der Waals surface area contributed by atoms with Crippen molar-refractivity contribution in [2.45, 2.75) is 38.5 Å². The van der Waals surface area contributed by atoms with Crippen LogP contribution in [0.15, 0.2) is 18.5 Å². The number of nitrogens with one attached hydrogen (secondary N) is 1. The summed E-state index contributed by atoms with van der Waals surface area (Å²) in [5, 5.41) is 8.86. The summed E-state index contributed by atoms with van der Waals surface area (Å²) < 4.78 is 7.52. The van der Waals surface area contributed by atoms with Crippen molar-refractivity contribution < 1.29 is 9.53 Å². The van der Waals surface area contributed by atoms with Gasteiger partial charge in [0.2, 0.25) is 5.91 Å². The molecule has 3 aromatic heterocycles. The molecule has 1 amide bonds. The number of likely N-dealkylation sites (tertiary alicyclic amines) is 1. The molecule has 2 aliphatic heterocycles. The first-order valence-electron chi connectivity index (χ1n) is 10.3. The van der Waals surface area contributed by atoms with Gasteiger partial charge in [0.15, 0.2) is 11.3 Å². The third-order valence-corrected chi connectivity index (χ3v) is 6.42. The van der Waals surface area contributed by atoms with E-state index in [2.05, 4.69) is 31.5 Å². The van der Waals surface area contributed by atoms with E-state index in [1.165, 1.54) is 0 Å². The predicted molar refractivity (Wildman–Crippen MR) is 104 cm³/mol. The highest BCUT2D eigenvalue weighted by Crippen LogP contribution is 2.35. The van der Waals surface area contributed by atoms with Crippen molar-refractivity contribution in [2.75, 3.05) is 26.3 Å². The standard InChI is InChI=1S/C20H26N6O2/c1-2-14-11-25(18(27)9-13-4-7-28-8-5-13)12-15(14)20-24-23-17-10-22-19-16(26(17)20)3-6-21-19/h3,6,10,13-15,21H,2,4-5,7-9,11-12H2,1H3/t14-,15+/m0/s1. The van der Waals surface area contributed by atoms with Gasteiger partial charge in [-0.15, -0.1) is 10.2 Å². The van der Waals surface area contributed by atoms with Crippen molar-refractivity contribution in [3.05, 3.63) is 24.3 Å². The van der Waals surface area contributed by atoms with Crippen LogP contribution in [0.4, 0.5) is 0 Å². The molecule has 2 atom stereocenters. The van der Waals surface area contributed by atoms with Gasteiger partial charge in [-0.05, 0) is 30.7 Å². The maximum atomic E-state index is 13.0. The van der Waals surface area contributed by atoms with Gasteiger partial charge in [0.05, 0.1) is 11.7 Å². The fourth-order valence-electron chi connectivity index (χ4n) is 4.75. The van der Waals surface area contributed by atoms with Gasteiger partial charge in [0, 0.05) is 44.8 Å². The molecule has 2 saturated heterocycles. The summed E-state index contributed by atoms with van der Waals surface area (Å²) in [5.74, 6) is 2.26. The minimum Gasteiger partial charge on any atom is -0.381 e. The van der Waals surface area contributed by atoms with Gasteiger partial charge in [0.25, 0.3) is 0 Å². The van der Waals surface area contributed by atoms with Crippen LogP contribution in [0.1, 0.15) is 44.3 Å². The Morgan fingerprint density at radius 2 is 2.14 bits per heavy atom. The van der Waals surface area contributed by atoms with Crippen LogP contribution in [0.3, 0.4) is 0 Å². The molecule has 28 heavy (non-hydrogen) atoms. The number of amides is 1. The highest BCUT2D eigenvalue weighted by molar-refractivity contribution is 5.77. The lowest BCUT2D eigenvalue weighted by Crippen LogP contribution is -2.32. The third kappa shape index (κ3) is 2.96. The molecule has 0 radical (unpaired) electrons. The summed E-state index contributed by atoms with van der Waals surface area (Å²) in [6.45, 7) is 5.28. The Morgan fingerprint density at radius 1 is 1.29 bits per heavy atom. The summed E-state index contributed by atoms with van der Waals surface area (Å²) in [5.41, 5.74) is 2.57.